The van der Waals surface area contributed by atoms with Gasteiger partial charge in [-0.1, -0.05) is 72.8 Å². The van der Waals surface area contributed by atoms with Crippen LogP contribution in [0.5, 0.6) is 5.75 Å². The van der Waals surface area contributed by atoms with Gasteiger partial charge in [0.2, 0.25) is 5.91 Å². The minimum Gasteiger partial charge on any atom is -0.489 e. The van der Waals surface area contributed by atoms with Gasteiger partial charge in [0.15, 0.2) is 0 Å². The fraction of sp³-hybridized carbons (Fsp3) is 0.296. The van der Waals surface area contributed by atoms with Crippen LogP contribution < -0.4 is 15.8 Å². The first-order valence-corrected chi connectivity index (χ1v) is 10.9. The lowest BCUT2D eigenvalue weighted by Crippen LogP contribution is -2.50. The summed E-state index contributed by atoms with van der Waals surface area (Å²) in [6.07, 6.45) is 2.12. The van der Waals surface area contributed by atoms with E-state index in [1.165, 1.54) is 0 Å². The van der Waals surface area contributed by atoms with Crippen molar-refractivity contribution in [1.29, 1.82) is 0 Å². The SMILES string of the molecule is CC(C(N)=O)(c1ccccc1)[C@@H](c1ccc(OCc2ccccc2)cc1)[C@H]1CCCN1. The molecule has 0 spiro atoms. The Morgan fingerprint density at radius 2 is 1.68 bits per heavy atom. The molecule has 1 heterocycles. The minimum atomic E-state index is -0.824. The number of rotatable bonds is 8. The summed E-state index contributed by atoms with van der Waals surface area (Å²) in [6.45, 7) is 3.47. The molecule has 1 unspecified atom stereocenters. The van der Waals surface area contributed by atoms with E-state index in [0.717, 1.165) is 41.8 Å². The molecule has 0 aliphatic carbocycles. The van der Waals surface area contributed by atoms with Crippen LogP contribution in [0.1, 0.15) is 42.4 Å². The summed E-state index contributed by atoms with van der Waals surface area (Å²) in [7, 11) is 0. The highest BCUT2D eigenvalue weighted by Gasteiger charge is 2.46. The van der Waals surface area contributed by atoms with Crippen molar-refractivity contribution in [3.8, 4) is 5.75 Å². The Morgan fingerprint density at radius 3 is 2.26 bits per heavy atom. The van der Waals surface area contributed by atoms with E-state index in [1.807, 2.05) is 79.7 Å². The molecule has 0 saturated carbocycles. The molecule has 0 bridgehead atoms. The average Bonchev–Trinajstić information content (AvgIpc) is 3.34. The quantitative estimate of drug-likeness (QED) is 0.569. The summed E-state index contributed by atoms with van der Waals surface area (Å²) in [5, 5.41) is 3.61. The van der Waals surface area contributed by atoms with E-state index >= 15 is 0 Å². The molecule has 3 aromatic carbocycles. The van der Waals surface area contributed by atoms with Crippen molar-refractivity contribution in [1.82, 2.24) is 5.32 Å². The summed E-state index contributed by atoms with van der Waals surface area (Å²) < 4.78 is 5.96. The second-order valence-electron chi connectivity index (χ2n) is 8.46. The number of benzene rings is 3. The highest BCUT2D eigenvalue weighted by Crippen LogP contribution is 2.43. The Morgan fingerprint density at radius 1 is 1.03 bits per heavy atom. The van der Waals surface area contributed by atoms with E-state index in [9.17, 15) is 4.79 Å². The molecular weight excluding hydrogens is 384 g/mol. The van der Waals surface area contributed by atoms with E-state index in [1.54, 1.807) is 0 Å². The predicted octanol–water partition coefficient (Wildman–Crippen LogP) is 4.54. The van der Waals surface area contributed by atoms with Gasteiger partial charge in [-0.2, -0.15) is 0 Å². The number of nitrogens with one attached hydrogen (secondary N) is 1. The number of amides is 1. The van der Waals surface area contributed by atoms with Crippen molar-refractivity contribution in [2.24, 2.45) is 5.73 Å². The second-order valence-corrected chi connectivity index (χ2v) is 8.46. The lowest BCUT2D eigenvalue weighted by molar-refractivity contribution is -0.124. The monoisotopic (exact) mass is 414 g/mol. The maximum atomic E-state index is 12.9. The molecule has 4 nitrogen and oxygen atoms in total. The van der Waals surface area contributed by atoms with E-state index in [4.69, 9.17) is 10.5 Å². The number of carbonyl (C=O) groups is 1. The molecule has 3 aromatic rings. The van der Waals surface area contributed by atoms with E-state index in [2.05, 4.69) is 17.4 Å². The average molecular weight is 415 g/mol. The Kier molecular flexibility index (Phi) is 6.38. The largest absolute Gasteiger partial charge is 0.489 e. The zero-order chi connectivity index (χ0) is 21.7. The van der Waals surface area contributed by atoms with Crippen LogP contribution in [-0.2, 0) is 16.8 Å². The predicted molar refractivity (Wildman–Crippen MR) is 124 cm³/mol. The number of ether oxygens (including phenoxy) is 1. The number of carbonyl (C=O) groups excluding carboxylic acids is 1. The standard InChI is InChI=1S/C27H30N2O2/c1-27(26(28)30,22-11-6-3-7-12-22)25(24-13-8-18-29-24)21-14-16-23(17-15-21)31-19-20-9-4-2-5-10-20/h2-7,9-12,14-17,24-25,29H,8,13,18-19H2,1H3,(H2,28,30)/t24-,25+,27?/m1/s1. The molecule has 1 fully saturated rings. The first kappa shape index (κ1) is 21.1. The van der Waals surface area contributed by atoms with Crippen LogP contribution in [0.4, 0.5) is 0 Å². The van der Waals surface area contributed by atoms with Gasteiger partial charge in [-0.3, -0.25) is 4.79 Å². The van der Waals surface area contributed by atoms with E-state index in [-0.39, 0.29) is 17.9 Å². The highest BCUT2D eigenvalue weighted by molar-refractivity contribution is 5.88. The van der Waals surface area contributed by atoms with Crippen LogP contribution in [0.3, 0.4) is 0 Å². The third-order valence-electron chi connectivity index (χ3n) is 6.50. The number of hydrogen-bond acceptors (Lipinski definition) is 3. The highest BCUT2D eigenvalue weighted by atomic mass is 16.5. The van der Waals surface area contributed by atoms with E-state index < -0.39 is 5.41 Å². The zero-order valence-corrected chi connectivity index (χ0v) is 18.0. The third kappa shape index (κ3) is 4.49. The number of nitrogens with two attached hydrogens (primary N) is 1. The molecule has 4 rings (SSSR count). The summed E-state index contributed by atoms with van der Waals surface area (Å²) in [4.78, 5) is 12.9. The van der Waals surface area contributed by atoms with E-state index in [0.29, 0.717) is 6.61 Å². The number of hydrogen-bond donors (Lipinski definition) is 2. The van der Waals surface area contributed by atoms with Gasteiger partial charge in [-0.05, 0) is 55.1 Å². The molecule has 0 radical (unpaired) electrons. The summed E-state index contributed by atoms with van der Waals surface area (Å²) in [5.74, 6) is 0.436. The maximum absolute atomic E-state index is 12.9. The van der Waals surface area contributed by atoms with Gasteiger partial charge in [0, 0.05) is 12.0 Å². The van der Waals surface area contributed by atoms with Gasteiger partial charge in [0.1, 0.15) is 12.4 Å². The summed E-state index contributed by atoms with van der Waals surface area (Å²) >= 11 is 0. The van der Waals surface area contributed by atoms with Gasteiger partial charge in [0.25, 0.3) is 0 Å². The topological polar surface area (TPSA) is 64.4 Å². The Hall–Kier alpha value is -3.11. The van der Waals surface area contributed by atoms with Gasteiger partial charge < -0.3 is 15.8 Å². The fourth-order valence-electron chi connectivity index (χ4n) is 4.74. The molecule has 31 heavy (non-hydrogen) atoms. The molecule has 3 N–H and O–H groups in total. The van der Waals surface area contributed by atoms with Gasteiger partial charge in [-0.25, -0.2) is 0 Å². The number of primary amides is 1. The summed E-state index contributed by atoms with van der Waals surface area (Å²) in [6, 6.07) is 28.4. The molecule has 1 aliphatic rings. The van der Waals surface area contributed by atoms with Crippen LogP contribution in [0.15, 0.2) is 84.9 Å². The Labute approximate surface area is 184 Å². The Bertz CT molecular complexity index is 983. The van der Waals surface area contributed by atoms with Crippen molar-refractivity contribution in [3.05, 3.63) is 102 Å². The van der Waals surface area contributed by atoms with Gasteiger partial charge in [0.05, 0.1) is 5.41 Å². The Balaban J connectivity index is 1.64. The molecule has 160 valence electrons. The van der Waals surface area contributed by atoms with Gasteiger partial charge >= 0.3 is 0 Å². The lowest BCUT2D eigenvalue weighted by atomic mass is 9.65. The van der Waals surface area contributed by atoms with Crippen LogP contribution in [0, 0.1) is 0 Å². The first-order chi connectivity index (χ1) is 15.1. The molecule has 1 saturated heterocycles. The van der Waals surface area contributed by atoms with Crippen LogP contribution in [0.25, 0.3) is 0 Å². The molecule has 1 amide bonds. The molecule has 4 heteroatoms. The molecule has 3 atom stereocenters. The fourth-order valence-corrected chi connectivity index (χ4v) is 4.74. The summed E-state index contributed by atoms with van der Waals surface area (Å²) in [5.41, 5.74) is 8.41. The van der Waals surface area contributed by atoms with Crippen LogP contribution in [-0.4, -0.2) is 18.5 Å². The smallest absolute Gasteiger partial charge is 0.228 e. The third-order valence-corrected chi connectivity index (χ3v) is 6.50. The van der Waals surface area contributed by atoms with Crippen molar-refractivity contribution < 1.29 is 9.53 Å². The molecule has 0 aromatic heterocycles. The van der Waals surface area contributed by atoms with Crippen molar-refractivity contribution in [2.45, 2.75) is 43.7 Å². The van der Waals surface area contributed by atoms with Crippen molar-refractivity contribution >= 4 is 5.91 Å². The van der Waals surface area contributed by atoms with Crippen LogP contribution in [0.2, 0.25) is 0 Å². The molecule has 1 aliphatic heterocycles. The lowest BCUT2D eigenvalue weighted by Gasteiger charge is -2.39. The zero-order valence-electron chi connectivity index (χ0n) is 18.0. The van der Waals surface area contributed by atoms with Gasteiger partial charge in [-0.15, -0.1) is 0 Å². The molecular formula is C27H30N2O2. The normalized spacial score (nSPS) is 18.8. The van der Waals surface area contributed by atoms with Crippen molar-refractivity contribution in [2.75, 3.05) is 6.54 Å². The second kappa shape index (κ2) is 9.36. The van der Waals surface area contributed by atoms with Crippen molar-refractivity contribution in [3.63, 3.8) is 0 Å². The van der Waals surface area contributed by atoms with Crippen LogP contribution >= 0.6 is 0 Å². The first-order valence-electron chi connectivity index (χ1n) is 10.9. The minimum absolute atomic E-state index is 0.0712. The maximum Gasteiger partial charge on any atom is 0.228 e.